The Bertz CT molecular complexity index is 1050. The largest absolute Gasteiger partial charge is 0.433 e. The molecule has 34 heavy (non-hydrogen) atoms. The SMILES string of the molecule is CN/C=C(\C(=N)C(F)(F)F)c1ccc(NC(=N)C2=C(NC3COC3)CCN(C(C)=O)C2)c(F)c1. The van der Waals surface area contributed by atoms with Gasteiger partial charge in [-0.25, -0.2) is 4.39 Å². The lowest BCUT2D eigenvalue weighted by molar-refractivity contribution is -0.128. The number of hydrogen-bond acceptors (Lipinski definition) is 6. The third kappa shape index (κ3) is 5.74. The van der Waals surface area contributed by atoms with Crippen molar-refractivity contribution in [1.29, 1.82) is 10.8 Å². The van der Waals surface area contributed by atoms with Crippen LogP contribution in [0.25, 0.3) is 5.57 Å². The van der Waals surface area contributed by atoms with Crippen molar-refractivity contribution in [3.05, 3.63) is 47.0 Å². The van der Waals surface area contributed by atoms with Crippen molar-refractivity contribution < 1.29 is 27.1 Å². The minimum atomic E-state index is -4.90. The van der Waals surface area contributed by atoms with E-state index in [-0.39, 0.29) is 35.6 Å². The number of anilines is 1. The highest BCUT2D eigenvalue weighted by Gasteiger charge is 2.37. The first-order valence-electron chi connectivity index (χ1n) is 10.5. The lowest BCUT2D eigenvalue weighted by atomic mass is 10.0. The first-order valence-corrected chi connectivity index (χ1v) is 10.5. The maximum absolute atomic E-state index is 14.8. The Morgan fingerprint density at radius 3 is 2.50 bits per heavy atom. The van der Waals surface area contributed by atoms with Crippen molar-refractivity contribution in [2.24, 2.45) is 0 Å². The van der Waals surface area contributed by atoms with Crippen LogP contribution >= 0.6 is 0 Å². The average Bonchev–Trinajstić information content (AvgIpc) is 2.74. The molecule has 2 aliphatic rings. The van der Waals surface area contributed by atoms with Crippen LogP contribution in [0.1, 0.15) is 18.9 Å². The third-order valence-electron chi connectivity index (χ3n) is 5.49. The number of amides is 1. The fourth-order valence-electron chi connectivity index (χ4n) is 3.58. The highest BCUT2D eigenvalue weighted by Crippen LogP contribution is 2.29. The number of alkyl halides is 3. The van der Waals surface area contributed by atoms with Gasteiger partial charge in [-0.3, -0.25) is 15.6 Å². The van der Waals surface area contributed by atoms with E-state index in [1.54, 1.807) is 4.90 Å². The molecule has 0 saturated carbocycles. The Balaban J connectivity index is 1.84. The van der Waals surface area contributed by atoms with Gasteiger partial charge in [0, 0.05) is 50.0 Å². The fraction of sp³-hybridized carbons (Fsp3) is 0.409. The molecule has 8 nitrogen and oxygen atoms in total. The van der Waals surface area contributed by atoms with Crippen LogP contribution in [0, 0.1) is 16.6 Å². The zero-order valence-corrected chi connectivity index (χ0v) is 18.7. The number of rotatable bonds is 7. The maximum Gasteiger partial charge on any atom is 0.433 e. The molecule has 1 aromatic rings. The first kappa shape index (κ1) is 25.2. The predicted molar refractivity (Wildman–Crippen MR) is 120 cm³/mol. The summed E-state index contributed by atoms with van der Waals surface area (Å²) in [5.41, 5.74) is -1.13. The summed E-state index contributed by atoms with van der Waals surface area (Å²) in [5, 5.41) is 24.3. The minimum Gasteiger partial charge on any atom is -0.393 e. The number of nitrogens with one attached hydrogen (secondary N) is 5. The smallest absolute Gasteiger partial charge is 0.393 e. The molecule has 1 aromatic carbocycles. The Kier molecular flexibility index (Phi) is 7.60. The van der Waals surface area contributed by atoms with Crippen molar-refractivity contribution in [1.82, 2.24) is 15.5 Å². The molecule has 2 aliphatic heterocycles. The van der Waals surface area contributed by atoms with Crippen LogP contribution < -0.4 is 16.0 Å². The van der Waals surface area contributed by atoms with Crippen LogP contribution in [0.5, 0.6) is 0 Å². The van der Waals surface area contributed by atoms with Crippen molar-refractivity contribution in [3.8, 4) is 0 Å². The molecular formula is C22H26F4N6O2. The average molecular weight is 482 g/mol. The van der Waals surface area contributed by atoms with Gasteiger partial charge in [0.2, 0.25) is 5.91 Å². The monoisotopic (exact) mass is 482 g/mol. The molecule has 0 aliphatic carbocycles. The minimum absolute atomic E-state index is 0.0963. The molecule has 0 unspecified atom stereocenters. The molecule has 12 heteroatoms. The van der Waals surface area contributed by atoms with E-state index in [0.717, 1.165) is 18.0 Å². The van der Waals surface area contributed by atoms with E-state index in [2.05, 4.69) is 16.0 Å². The van der Waals surface area contributed by atoms with Gasteiger partial charge in [-0.15, -0.1) is 0 Å². The summed E-state index contributed by atoms with van der Waals surface area (Å²) in [4.78, 5) is 13.4. The topological polar surface area (TPSA) is 113 Å². The highest BCUT2D eigenvalue weighted by molar-refractivity contribution is 6.25. The standard InChI is InChI=1S/C22H26F4N6O2/c1-12(33)32-6-5-18(30-14-10-34-11-14)16(9-32)21(28)31-19-4-3-13(7-17(19)23)15(8-29-2)20(27)22(24,25)26/h3-4,7-8,14,27,29-30H,5-6,9-11H2,1-2H3,(H2,28,31)/b15-8-,27-20?. The Hall–Kier alpha value is -3.41. The summed E-state index contributed by atoms with van der Waals surface area (Å²) in [6.07, 6.45) is -3.43. The number of carbonyl (C=O) groups excluding carboxylic acids is 1. The maximum atomic E-state index is 14.8. The second-order valence-electron chi connectivity index (χ2n) is 7.94. The summed E-state index contributed by atoms with van der Waals surface area (Å²) in [6.45, 7) is 3.13. The van der Waals surface area contributed by atoms with Crippen LogP contribution in [0.2, 0.25) is 0 Å². The first-order chi connectivity index (χ1) is 16.0. The normalized spacial score (nSPS) is 17.2. The predicted octanol–water partition coefficient (Wildman–Crippen LogP) is 2.85. The van der Waals surface area contributed by atoms with Gasteiger partial charge < -0.3 is 25.6 Å². The molecule has 0 spiro atoms. The van der Waals surface area contributed by atoms with Crippen LogP contribution in [-0.4, -0.2) is 67.9 Å². The highest BCUT2D eigenvalue weighted by atomic mass is 19.4. The van der Waals surface area contributed by atoms with Gasteiger partial charge in [-0.1, -0.05) is 6.07 Å². The third-order valence-corrected chi connectivity index (χ3v) is 5.49. The molecule has 0 atom stereocenters. The lowest BCUT2D eigenvalue weighted by Gasteiger charge is -2.35. The van der Waals surface area contributed by atoms with Crippen molar-refractivity contribution in [2.45, 2.75) is 25.6 Å². The van der Waals surface area contributed by atoms with Gasteiger partial charge in [0.15, 0.2) is 0 Å². The number of allylic oxidation sites excluding steroid dienone is 1. The van der Waals surface area contributed by atoms with Crippen molar-refractivity contribution >= 4 is 28.7 Å². The van der Waals surface area contributed by atoms with Crippen LogP contribution in [0.15, 0.2) is 35.7 Å². The van der Waals surface area contributed by atoms with Crippen molar-refractivity contribution in [3.63, 3.8) is 0 Å². The Labute approximate surface area is 194 Å². The van der Waals surface area contributed by atoms with Gasteiger partial charge in [-0.2, -0.15) is 13.2 Å². The van der Waals surface area contributed by atoms with Crippen molar-refractivity contribution in [2.75, 3.05) is 38.7 Å². The molecule has 5 N–H and O–H groups in total. The summed E-state index contributed by atoms with van der Waals surface area (Å²) in [5.74, 6) is -1.17. The molecule has 0 aromatic heterocycles. The summed E-state index contributed by atoms with van der Waals surface area (Å²) < 4.78 is 59.1. The lowest BCUT2D eigenvalue weighted by Crippen LogP contribution is -2.49. The van der Waals surface area contributed by atoms with Crippen LogP contribution in [-0.2, 0) is 9.53 Å². The van der Waals surface area contributed by atoms with Gasteiger partial charge in [0.05, 0.1) is 31.5 Å². The number of amidine groups is 1. The zero-order valence-electron chi connectivity index (χ0n) is 18.7. The second-order valence-corrected chi connectivity index (χ2v) is 7.94. The van der Waals surface area contributed by atoms with E-state index in [1.807, 2.05) is 0 Å². The summed E-state index contributed by atoms with van der Waals surface area (Å²) >= 11 is 0. The quantitative estimate of drug-likeness (QED) is 0.233. The molecule has 0 bridgehead atoms. The van der Waals surface area contributed by atoms with E-state index in [4.69, 9.17) is 15.6 Å². The van der Waals surface area contributed by atoms with Crippen LogP contribution in [0.4, 0.5) is 23.2 Å². The van der Waals surface area contributed by atoms with E-state index in [0.29, 0.717) is 31.8 Å². The molecule has 1 fully saturated rings. The molecule has 1 saturated heterocycles. The molecule has 1 amide bonds. The molecule has 2 heterocycles. The Morgan fingerprint density at radius 2 is 1.97 bits per heavy atom. The van der Waals surface area contributed by atoms with E-state index in [1.165, 1.54) is 26.1 Å². The van der Waals surface area contributed by atoms with Gasteiger partial charge in [-0.05, 0) is 17.7 Å². The second kappa shape index (κ2) is 10.2. The number of hydrogen-bond donors (Lipinski definition) is 5. The molecule has 0 radical (unpaired) electrons. The van der Waals surface area contributed by atoms with Gasteiger partial charge >= 0.3 is 6.18 Å². The molecular weight excluding hydrogens is 456 g/mol. The summed E-state index contributed by atoms with van der Waals surface area (Å²) in [7, 11) is 1.38. The zero-order chi connectivity index (χ0) is 25.0. The molecule has 3 rings (SSSR count). The Morgan fingerprint density at radius 1 is 1.26 bits per heavy atom. The van der Waals surface area contributed by atoms with E-state index >= 15 is 0 Å². The number of carbonyl (C=O) groups is 1. The van der Waals surface area contributed by atoms with Gasteiger partial charge in [0.25, 0.3) is 0 Å². The fourth-order valence-corrected chi connectivity index (χ4v) is 3.58. The number of nitrogens with zero attached hydrogens (tertiary/aromatic N) is 1. The van der Waals surface area contributed by atoms with Crippen LogP contribution in [0.3, 0.4) is 0 Å². The number of benzene rings is 1. The van der Waals surface area contributed by atoms with E-state index in [9.17, 15) is 22.4 Å². The molecule has 184 valence electrons. The summed E-state index contributed by atoms with van der Waals surface area (Å²) in [6, 6.07) is 3.43. The number of halogens is 4. The van der Waals surface area contributed by atoms with Gasteiger partial charge in [0.1, 0.15) is 17.4 Å². The van der Waals surface area contributed by atoms with E-state index < -0.39 is 23.3 Å². The number of ether oxygens (including phenoxy) is 1.